The summed E-state index contributed by atoms with van der Waals surface area (Å²) in [4.78, 5) is 0. The van der Waals surface area contributed by atoms with Crippen molar-refractivity contribution < 1.29 is 0 Å². The molecule has 0 radical (unpaired) electrons. The standard InChI is InChI=1S/C21H32/c1-4-16-9-10-19-20-14(2)13-15-7-5-6-8-17(15)18(20)11-12-21(16,19)3/h1,14-20H,5-13H2,2-3H3/t14-,15?,16-,17+,18-,19+,20-,21-/m1/s1. The van der Waals surface area contributed by atoms with Gasteiger partial charge >= 0.3 is 0 Å². The van der Waals surface area contributed by atoms with Gasteiger partial charge in [-0.25, -0.2) is 0 Å². The summed E-state index contributed by atoms with van der Waals surface area (Å²) >= 11 is 0. The fourth-order valence-electron chi connectivity index (χ4n) is 7.54. The van der Waals surface area contributed by atoms with Crippen LogP contribution in [0.3, 0.4) is 0 Å². The maximum Gasteiger partial charge on any atom is 0.0256 e. The van der Waals surface area contributed by atoms with Crippen LogP contribution in [0.5, 0.6) is 0 Å². The highest BCUT2D eigenvalue weighted by molar-refractivity contribution is 5.13. The van der Waals surface area contributed by atoms with Gasteiger partial charge in [0.25, 0.3) is 0 Å². The van der Waals surface area contributed by atoms with Gasteiger partial charge in [0.1, 0.15) is 0 Å². The Morgan fingerprint density at radius 2 is 1.81 bits per heavy atom. The van der Waals surface area contributed by atoms with Gasteiger partial charge in [-0.15, -0.1) is 12.3 Å². The molecule has 8 atom stereocenters. The lowest BCUT2D eigenvalue weighted by atomic mass is 9.47. The van der Waals surface area contributed by atoms with Crippen molar-refractivity contribution in [1.82, 2.24) is 0 Å². The maximum atomic E-state index is 5.88. The highest BCUT2D eigenvalue weighted by atomic mass is 14.6. The lowest BCUT2D eigenvalue weighted by Gasteiger charge is -2.57. The molecule has 0 aliphatic heterocycles. The van der Waals surface area contributed by atoms with Crippen LogP contribution in [-0.4, -0.2) is 0 Å². The lowest BCUT2D eigenvalue weighted by molar-refractivity contribution is -0.0841. The Kier molecular flexibility index (Phi) is 3.40. The smallest absolute Gasteiger partial charge is 0.0256 e. The number of fused-ring (bicyclic) bond motifs is 5. The molecule has 116 valence electrons. The summed E-state index contributed by atoms with van der Waals surface area (Å²) in [7, 11) is 0. The lowest BCUT2D eigenvalue weighted by Crippen LogP contribution is -2.50. The van der Waals surface area contributed by atoms with E-state index in [9.17, 15) is 0 Å². The van der Waals surface area contributed by atoms with E-state index in [0.717, 1.165) is 35.5 Å². The molecule has 0 heteroatoms. The van der Waals surface area contributed by atoms with Crippen LogP contribution in [0.1, 0.15) is 71.6 Å². The normalized spacial score (nSPS) is 56.0. The minimum atomic E-state index is 0.478. The Hall–Kier alpha value is -0.440. The highest BCUT2D eigenvalue weighted by Gasteiger charge is 2.57. The molecule has 0 bridgehead atoms. The molecule has 0 spiro atoms. The monoisotopic (exact) mass is 284 g/mol. The van der Waals surface area contributed by atoms with Crippen molar-refractivity contribution in [1.29, 1.82) is 0 Å². The fourth-order valence-corrected chi connectivity index (χ4v) is 7.54. The van der Waals surface area contributed by atoms with Crippen LogP contribution in [0.25, 0.3) is 0 Å². The summed E-state index contributed by atoms with van der Waals surface area (Å²) in [6, 6.07) is 0. The molecule has 0 nitrogen and oxygen atoms in total. The first-order chi connectivity index (χ1) is 10.1. The Balaban J connectivity index is 1.64. The van der Waals surface area contributed by atoms with Gasteiger partial charge in [-0.2, -0.15) is 0 Å². The zero-order valence-corrected chi connectivity index (χ0v) is 14.0. The first-order valence-electron chi connectivity index (χ1n) is 9.61. The van der Waals surface area contributed by atoms with Gasteiger partial charge in [-0.1, -0.05) is 33.1 Å². The van der Waals surface area contributed by atoms with E-state index in [2.05, 4.69) is 19.8 Å². The predicted molar refractivity (Wildman–Crippen MR) is 88.6 cm³/mol. The molecule has 1 unspecified atom stereocenters. The summed E-state index contributed by atoms with van der Waals surface area (Å²) in [5.41, 5.74) is 0.478. The maximum absolute atomic E-state index is 5.88. The molecule has 21 heavy (non-hydrogen) atoms. The van der Waals surface area contributed by atoms with Crippen molar-refractivity contribution in [2.45, 2.75) is 71.6 Å². The minimum Gasteiger partial charge on any atom is -0.120 e. The quantitative estimate of drug-likeness (QED) is 0.513. The van der Waals surface area contributed by atoms with Crippen molar-refractivity contribution in [3.63, 3.8) is 0 Å². The highest BCUT2D eigenvalue weighted by Crippen LogP contribution is 2.65. The van der Waals surface area contributed by atoms with Crippen molar-refractivity contribution in [2.75, 3.05) is 0 Å². The largest absolute Gasteiger partial charge is 0.120 e. The molecule has 0 aromatic heterocycles. The molecule has 4 rings (SSSR count). The van der Waals surface area contributed by atoms with E-state index in [1.165, 1.54) is 51.4 Å². The molecule has 4 saturated carbocycles. The summed E-state index contributed by atoms with van der Waals surface area (Å²) in [6.07, 6.45) is 19.1. The molecule has 0 amide bonds. The van der Waals surface area contributed by atoms with Crippen LogP contribution in [-0.2, 0) is 0 Å². The van der Waals surface area contributed by atoms with Crippen molar-refractivity contribution in [3.05, 3.63) is 0 Å². The van der Waals surface area contributed by atoms with Gasteiger partial charge in [0.2, 0.25) is 0 Å². The number of rotatable bonds is 0. The third-order valence-corrected chi connectivity index (χ3v) is 8.44. The minimum absolute atomic E-state index is 0.478. The Morgan fingerprint density at radius 3 is 2.62 bits per heavy atom. The van der Waals surface area contributed by atoms with E-state index in [1.807, 2.05) is 0 Å². The molecule has 0 aromatic carbocycles. The first kappa shape index (κ1) is 14.2. The summed E-state index contributed by atoms with van der Waals surface area (Å²) in [5, 5.41) is 0. The average molecular weight is 284 g/mol. The molecule has 0 saturated heterocycles. The van der Waals surface area contributed by atoms with Gasteiger partial charge in [-0.3, -0.25) is 0 Å². The van der Waals surface area contributed by atoms with Crippen molar-refractivity contribution in [2.24, 2.45) is 46.8 Å². The Bertz CT molecular complexity index is 443. The second kappa shape index (κ2) is 5.04. The SMILES string of the molecule is C#C[C@@H]1CC[C@H]2[C@H]3[C@H](CC[C@]12C)[C@H]1CCCCC1C[C@H]3C. The fraction of sp³-hybridized carbons (Fsp3) is 0.905. The number of terminal acetylenes is 1. The van der Waals surface area contributed by atoms with Crippen LogP contribution in [0.15, 0.2) is 0 Å². The Morgan fingerprint density at radius 1 is 1.00 bits per heavy atom. The van der Waals surface area contributed by atoms with Crippen LogP contribution in [0, 0.1) is 59.2 Å². The van der Waals surface area contributed by atoms with Crippen molar-refractivity contribution in [3.8, 4) is 12.3 Å². The van der Waals surface area contributed by atoms with Crippen molar-refractivity contribution >= 4 is 0 Å². The van der Waals surface area contributed by atoms with Crippen LogP contribution in [0.2, 0.25) is 0 Å². The number of hydrogen-bond donors (Lipinski definition) is 0. The van der Waals surface area contributed by atoms with Gasteiger partial charge in [-0.05, 0) is 79.4 Å². The second-order valence-corrected chi connectivity index (χ2v) is 9.11. The van der Waals surface area contributed by atoms with Crippen LogP contribution in [0.4, 0.5) is 0 Å². The first-order valence-corrected chi connectivity index (χ1v) is 9.61. The van der Waals surface area contributed by atoms with Crippen LogP contribution >= 0.6 is 0 Å². The average Bonchev–Trinajstić information content (AvgIpc) is 2.83. The molecule has 4 fully saturated rings. The van der Waals surface area contributed by atoms with Gasteiger partial charge in [0.05, 0.1) is 0 Å². The molecular weight excluding hydrogens is 252 g/mol. The van der Waals surface area contributed by atoms with E-state index in [1.54, 1.807) is 6.42 Å². The zero-order chi connectivity index (χ0) is 14.6. The van der Waals surface area contributed by atoms with E-state index in [0.29, 0.717) is 11.3 Å². The van der Waals surface area contributed by atoms with E-state index in [-0.39, 0.29) is 0 Å². The molecular formula is C21H32. The van der Waals surface area contributed by atoms with Gasteiger partial charge < -0.3 is 0 Å². The Labute approximate surface area is 131 Å². The second-order valence-electron chi connectivity index (χ2n) is 9.11. The molecule has 0 aromatic rings. The number of hydrogen-bond acceptors (Lipinski definition) is 0. The van der Waals surface area contributed by atoms with E-state index < -0.39 is 0 Å². The summed E-state index contributed by atoms with van der Waals surface area (Å²) in [6.45, 7) is 5.13. The van der Waals surface area contributed by atoms with E-state index >= 15 is 0 Å². The van der Waals surface area contributed by atoms with Crippen LogP contribution < -0.4 is 0 Å². The zero-order valence-electron chi connectivity index (χ0n) is 14.0. The predicted octanol–water partition coefficient (Wildman–Crippen LogP) is 5.52. The topological polar surface area (TPSA) is 0 Å². The third kappa shape index (κ3) is 1.95. The van der Waals surface area contributed by atoms with E-state index in [4.69, 9.17) is 6.42 Å². The van der Waals surface area contributed by atoms with Gasteiger partial charge in [0.15, 0.2) is 0 Å². The third-order valence-electron chi connectivity index (χ3n) is 8.44. The molecule has 0 N–H and O–H groups in total. The van der Waals surface area contributed by atoms with Gasteiger partial charge in [0, 0.05) is 5.92 Å². The molecule has 4 aliphatic rings. The summed E-state index contributed by atoms with van der Waals surface area (Å²) in [5.74, 6) is 9.84. The summed E-state index contributed by atoms with van der Waals surface area (Å²) < 4.78 is 0. The molecule has 4 aliphatic carbocycles. The molecule has 0 heterocycles.